The number of hydrogen-bond donors (Lipinski definition) is 1. The SMILES string of the molecule is CCC.CCOC(=O)/C(C)=C/CN(C)C(=O)C(NC(=O)C1CCC(CC)CN1C(C)C)C(C)(C)C. The number of hydrogen-bond acceptors (Lipinski definition) is 5. The molecule has 0 aromatic heterocycles. The molecule has 0 aromatic rings. The summed E-state index contributed by atoms with van der Waals surface area (Å²) in [4.78, 5) is 42.2. The highest BCUT2D eigenvalue weighted by atomic mass is 16.5. The number of piperidine rings is 1. The highest BCUT2D eigenvalue weighted by Crippen LogP contribution is 2.27. The molecule has 3 atom stereocenters. The maximum Gasteiger partial charge on any atom is 0.333 e. The van der Waals surface area contributed by atoms with Crippen molar-refractivity contribution in [3.63, 3.8) is 0 Å². The van der Waals surface area contributed by atoms with E-state index in [1.807, 2.05) is 20.8 Å². The number of likely N-dealkylation sites (N-methyl/N-ethyl adjacent to an activating group) is 1. The Morgan fingerprint density at radius 3 is 2.14 bits per heavy atom. The fraction of sp³-hybridized carbons (Fsp3) is 0.821. The predicted octanol–water partition coefficient (Wildman–Crippen LogP) is 4.80. The largest absolute Gasteiger partial charge is 0.463 e. The van der Waals surface area contributed by atoms with E-state index >= 15 is 0 Å². The Hall–Kier alpha value is -1.89. The van der Waals surface area contributed by atoms with Gasteiger partial charge >= 0.3 is 5.97 Å². The van der Waals surface area contributed by atoms with Crippen LogP contribution < -0.4 is 5.32 Å². The summed E-state index contributed by atoms with van der Waals surface area (Å²) in [6.45, 7) is 21.5. The third-order valence-electron chi connectivity index (χ3n) is 6.31. The van der Waals surface area contributed by atoms with Crippen LogP contribution in [0, 0.1) is 11.3 Å². The van der Waals surface area contributed by atoms with E-state index in [0.29, 0.717) is 18.1 Å². The maximum absolute atomic E-state index is 13.3. The molecule has 1 heterocycles. The number of amides is 2. The quantitative estimate of drug-likeness (QED) is 0.367. The number of carbonyl (C=O) groups is 3. The van der Waals surface area contributed by atoms with E-state index in [-0.39, 0.29) is 36.4 Å². The molecule has 0 spiro atoms. The Labute approximate surface area is 215 Å². The lowest BCUT2D eigenvalue weighted by molar-refractivity contribution is -0.140. The fourth-order valence-electron chi connectivity index (χ4n) is 4.06. The number of ether oxygens (including phenoxy) is 1. The molecule has 1 rings (SSSR count). The minimum Gasteiger partial charge on any atom is -0.463 e. The Kier molecular flexibility index (Phi) is 15.1. The first kappa shape index (κ1) is 33.1. The molecular formula is C28H53N3O4. The molecule has 0 saturated carbocycles. The number of carbonyl (C=O) groups excluding carboxylic acids is 3. The van der Waals surface area contributed by atoms with Gasteiger partial charge in [-0.1, -0.05) is 60.5 Å². The molecule has 7 heteroatoms. The smallest absolute Gasteiger partial charge is 0.333 e. The van der Waals surface area contributed by atoms with E-state index in [2.05, 4.69) is 44.8 Å². The second kappa shape index (κ2) is 16.0. The lowest BCUT2D eigenvalue weighted by Gasteiger charge is -2.42. The van der Waals surface area contributed by atoms with Crippen LogP contribution in [0.15, 0.2) is 11.6 Å². The van der Waals surface area contributed by atoms with Crippen molar-refractivity contribution >= 4 is 17.8 Å². The molecule has 7 nitrogen and oxygen atoms in total. The molecule has 0 radical (unpaired) electrons. The van der Waals surface area contributed by atoms with Gasteiger partial charge in [0.2, 0.25) is 11.8 Å². The third kappa shape index (κ3) is 11.1. The van der Waals surface area contributed by atoms with Crippen molar-refractivity contribution in [3.8, 4) is 0 Å². The number of nitrogens with zero attached hydrogens (tertiary/aromatic N) is 2. The third-order valence-corrected chi connectivity index (χ3v) is 6.31. The van der Waals surface area contributed by atoms with Crippen LogP contribution >= 0.6 is 0 Å². The zero-order chi connectivity index (χ0) is 27.3. The van der Waals surface area contributed by atoms with Gasteiger partial charge in [0.15, 0.2) is 0 Å². The van der Waals surface area contributed by atoms with Gasteiger partial charge < -0.3 is 15.0 Å². The molecule has 1 N–H and O–H groups in total. The zero-order valence-electron chi connectivity index (χ0n) is 24.4. The van der Waals surface area contributed by atoms with Crippen LogP contribution in [0.1, 0.15) is 94.9 Å². The summed E-state index contributed by atoms with van der Waals surface area (Å²) in [5.41, 5.74) is 0.00703. The van der Waals surface area contributed by atoms with Crippen molar-refractivity contribution in [2.24, 2.45) is 11.3 Å². The summed E-state index contributed by atoms with van der Waals surface area (Å²) in [5.74, 6) is -0.0159. The molecular weight excluding hydrogens is 442 g/mol. The first-order valence-corrected chi connectivity index (χ1v) is 13.4. The Morgan fingerprint density at radius 2 is 1.69 bits per heavy atom. The highest BCUT2D eigenvalue weighted by Gasteiger charge is 2.39. The van der Waals surface area contributed by atoms with Crippen LogP contribution in [0.2, 0.25) is 0 Å². The summed E-state index contributed by atoms with van der Waals surface area (Å²) in [5, 5.41) is 3.07. The Bertz CT molecular complexity index is 697. The number of rotatable bonds is 9. The van der Waals surface area contributed by atoms with Crippen LogP contribution in [0.4, 0.5) is 0 Å². The lowest BCUT2D eigenvalue weighted by Crippen LogP contribution is -2.60. The van der Waals surface area contributed by atoms with Gasteiger partial charge in [0.05, 0.1) is 12.6 Å². The molecule has 0 aromatic carbocycles. The molecule has 1 fully saturated rings. The molecule has 1 aliphatic heterocycles. The molecule has 2 amide bonds. The molecule has 204 valence electrons. The van der Waals surface area contributed by atoms with E-state index in [1.54, 1.807) is 31.9 Å². The summed E-state index contributed by atoms with van der Waals surface area (Å²) in [6.07, 6.45) is 5.89. The first-order valence-electron chi connectivity index (χ1n) is 13.4. The van der Waals surface area contributed by atoms with Crippen LogP contribution in [0.3, 0.4) is 0 Å². The van der Waals surface area contributed by atoms with Crippen LogP contribution in [0.25, 0.3) is 0 Å². The minimum absolute atomic E-state index is 0.0758. The van der Waals surface area contributed by atoms with Crippen LogP contribution in [-0.2, 0) is 19.1 Å². The van der Waals surface area contributed by atoms with Gasteiger partial charge in [-0.15, -0.1) is 0 Å². The number of likely N-dealkylation sites (tertiary alicyclic amines) is 1. The van der Waals surface area contributed by atoms with E-state index in [0.717, 1.165) is 25.8 Å². The molecule has 0 bridgehead atoms. The van der Waals surface area contributed by atoms with Crippen LogP contribution in [0.5, 0.6) is 0 Å². The number of esters is 1. The summed E-state index contributed by atoms with van der Waals surface area (Å²) in [7, 11) is 1.69. The maximum atomic E-state index is 13.3. The average Bonchev–Trinajstić information content (AvgIpc) is 2.79. The standard InChI is InChI=1S/C25H45N3O4.C3H8/c1-10-19-12-13-20(28(16-19)17(3)4)22(29)26-21(25(6,7)8)23(30)27(9)15-14-18(5)24(31)32-11-2;1-3-2/h14,17,19-21H,10-13,15-16H2,1-9H3,(H,26,29);3H2,1-2H3/b18-14+;. The molecule has 1 saturated heterocycles. The van der Waals surface area contributed by atoms with Crippen molar-refractivity contribution in [1.29, 1.82) is 0 Å². The highest BCUT2D eigenvalue weighted by molar-refractivity contribution is 5.91. The van der Waals surface area contributed by atoms with E-state index in [1.165, 1.54) is 6.42 Å². The van der Waals surface area contributed by atoms with Crippen molar-refractivity contribution in [2.75, 3.05) is 26.7 Å². The Balaban J connectivity index is 0.00000365. The first-order chi connectivity index (χ1) is 16.2. The predicted molar refractivity (Wildman–Crippen MR) is 144 cm³/mol. The average molecular weight is 496 g/mol. The fourth-order valence-corrected chi connectivity index (χ4v) is 4.06. The molecule has 1 aliphatic rings. The van der Waals surface area contributed by atoms with Gasteiger partial charge in [-0.05, 0) is 51.9 Å². The molecule has 3 unspecified atom stereocenters. The summed E-state index contributed by atoms with van der Waals surface area (Å²) >= 11 is 0. The van der Waals surface area contributed by atoms with E-state index < -0.39 is 11.5 Å². The van der Waals surface area contributed by atoms with Gasteiger partial charge in [0.1, 0.15) is 6.04 Å². The number of nitrogens with one attached hydrogen (secondary N) is 1. The van der Waals surface area contributed by atoms with Gasteiger partial charge in [0.25, 0.3) is 0 Å². The van der Waals surface area contributed by atoms with Gasteiger partial charge in [-0.3, -0.25) is 14.5 Å². The topological polar surface area (TPSA) is 79.0 Å². The van der Waals surface area contributed by atoms with Crippen molar-refractivity contribution < 1.29 is 19.1 Å². The van der Waals surface area contributed by atoms with Crippen molar-refractivity contribution in [1.82, 2.24) is 15.1 Å². The molecule has 0 aliphatic carbocycles. The Morgan fingerprint density at radius 1 is 1.11 bits per heavy atom. The van der Waals surface area contributed by atoms with E-state index in [9.17, 15) is 14.4 Å². The summed E-state index contributed by atoms with van der Waals surface area (Å²) in [6, 6.07) is -0.608. The van der Waals surface area contributed by atoms with E-state index in [4.69, 9.17) is 4.74 Å². The lowest BCUT2D eigenvalue weighted by atomic mass is 9.84. The molecule has 35 heavy (non-hydrogen) atoms. The van der Waals surface area contributed by atoms with Gasteiger partial charge in [-0.25, -0.2) is 4.79 Å². The van der Waals surface area contributed by atoms with Crippen molar-refractivity contribution in [3.05, 3.63) is 11.6 Å². The van der Waals surface area contributed by atoms with Crippen molar-refractivity contribution in [2.45, 2.75) is 113 Å². The monoisotopic (exact) mass is 495 g/mol. The van der Waals surface area contributed by atoms with Crippen LogP contribution in [-0.4, -0.2) is 72.5 Å². The normalized spacial score (nSPS) is 19.9. The minimum atomic E-state index is -0.658. The summed E-state index contributed by atoms with van der Waals surface area (Å²) < 4.78 is 4.99. The second-order valence-corrected chi connectivity index (χ2v) is 11.0. The van der Waals surface area contributed by atoms with Gasteiger partial charge in [0, 0.05) is 31.8 Å². The second-order valence-electron chi connectivity index (χ2n) is 11.0. The zero-order valence-corrected chi connectivity index (χ0v) is 24.4. The van der Waals surface area contributed by atoms with Gasteiger partial charge in [-0.2, -0.15) is 0 Å².